The molecule has 0 atom stereocenters. The first-order valence-corrected chi connectivity index (χ1v) is 7.83. The molecule has 1 rings (SSSR count). The first kappa shape index (κ1) is 17.5. The van der Waals surface area contributed by atoms with Gasteiger partial charge >= 0.3 is 0 Å². The second-order valence-electron chi connectivity index (χ2n) is 3.74. The van der Waals surface area contributed by atoms with Gasteiger partial charge in [0, 0.05) is 13.1 Å². The molecule has 0 unspecified atom stereocenters. The molecule has 0 heterocycles. The molecular weight excluding hydrogens is 329 g/mol. The fraction of sp³-hybridized carbons (Fsp3) is 0.455. The normalized spacial score (nSPS) is 11.9. The number of aliphatic hydroxyl groups is 2. The molecule has 0 saturated heterocycles. The number of sulfonamides is 1. The Morgan fingerprint density at radius 2 is 1.75 bits per heavy atom. The Bertz CT molecular complexity index is 558. The Kier molecular flexibility index (Phi) is 6.50. The zero-order chi connectivity index (χ0) is 15.3. The minimum absolute atomic E-state index is 0.0109. The van der Waals surface area contributed by atoms with Gasteiger partial charge in [0.05, 0.1) is 25.3 Å². The van der Waals surface area contributed by atoms with Crippen molar-refractivity contribution in [3.05, 3.63) is 22.2 Å². The molecule has 20 heavy (non-hydrogen) atoms. The first-order valence-electron chi connectivity index (χ1n) is 5.64. The van der Waals surface area contributed by atoms with Gasteiger partial charge in [0.2, 0.25) is 10.0 Å². The summed E-state index contributed by atoms with van der Waals surface area (Å²) in [5.74, 6) is -0.0694. The maximum Gasteiger partial charge on any atom is 0.246 e. The molecule has 0 amide bonds. The van der Waals surface area contributed by atoms with E-state index in [1.54, 1.807) is 0 Å². The molecule has 1 aromatic rings. The molecule has 9 heteroatoms. The van der Waals surface area contributed by atoms with E-state index in [1.165, 1.54) is 19.2 Å². The van der Waals surface area contributed by atoms with Gasteiger partial charge in [0.25, 0.3) is 0 Å². The summed E-state index contributed by atoms with van der Waals surface area (Å²) < 4.78 is 30.9. The molecule has 0 saturated carbocycles. The van der Waals surface area contributed by atoms with E-state index in [9.17, 15) is 8.42 Å². The van der Waals surface area contributed by atoms with Gasteiger partial charge in [-0.25, -0.2) is 8.42 Å². The molecule has 0 aliphatic heterocycles. The predicted octanol–water partition coefficient (Wildman–Crippen LogP) is 0.977. The van der Waals surface area contributed by atoms with Crippen LogP contribution >= 0.6 is 23.2 Å². The number of aliphatic hydroxyl groups excluding tert-OH is 2. The highest BCUT2D eigenvalue weighted by Gasteiger charge is 2.29. The molecule has 6 nitrogen and oxygen atoms in total. The number of nitrogens with zero attached hydrogens (tertiary/aromatic N) is 1. The summed E-state index contributed by atoms with van der Waals surface area (Å²) in [6, 6.07) is 2.61. The first-order chi connectivity index (χ1) is 9.39. The summed E-state index contributed by atoms with van der Waals surface area (Å²) in [6.45, 7) is -1.04. The summed E-state index contributed by atoms with van der Waals surface area (Å²) in [5, 5.41) is 18.0. The largest absolute Gasteiger partial charge is 0.494 e. The van der Waals surface area contributed by atoms with Crippen LogP contribution in [-0.4, -0.2) is 56.3 Å². The lowest BCUT2D eigenvalue weighted by Crippen LogP contribution is -2.36. The zero-order valence-electron chi connectivity index (χ0n) is 10.7. The SMILES string of the molecule is COc1c(S(=O)(=O)N(CCO)CCO)ccc(Cl)c1Cl. The van der Waals surface area contributed by atoms with Gasteiger partial charge in [-0.1, -0.05) is 23.2 Å². The number of rotatable bonds is 7. The molecule has 0 radical (unpaired) electrons. The summed E-state index contributed by atoms with van der Waals surface area (Å²) in [4.78, 5) is -0.170. The molecule has 2 N–H and O–H groups in total. The monoisotopic (exact) mass is 343 g/mol. The van der Waals surface area contributed by atoms with Crippen LogP contribution in [0.3, 0.4) is 0 Å². The minimum atomic E-state index is -3.96. The Hall–Kier alpha value is -0.570. The Labute approximate surface area is 127 Å². The molecule has 0 aliphatic carbocycles. The van der Waals surface area contributed by atoms with Gasteiger partial charge < -0.3 is 14.9 Å². The van der Waals surface area contributed by atoms with E-state index in [2.05, 4.69) is 0 Å². The molecule has 0 bridgehead atoms. The molecule has 0 spiro atoms. The average molecular weight is 344 g/mol. The van der Waals surface area contributed by atoms with Crippen LogP contribution in [0, 0.1) is 0 Å². The highest BCUT2D eigenvalue weighted by molar-refractivity contribution is 7.89. The van der Waals surface area contributed by atoms with E-state index >= 15 is 0 Å². The van der Waals surface area contributed by atoms with Crippen LogP contribution in [0.25, 0.3) is 0 Å². The van der Waals surface area contributed by atoms with Crippen LogP contribution in [0.15, 0.2) is 17.0 Å². The number of hydrogen-bond donors (Lipinski definition) is 2. The maximum absolute atomic E-state index is 12.5. The van der Waals surface area contributed by atoms with E-state index in [4.69, 9.17) is 38.2 Å². The number of methoxy groups -OCH3 is 1. The van der Waals surface area contributed by atoms with Crippen molar-refractivity contribution < 1.29 is 23.4 Å². The van der Waals surface area contributed by atoms with Gasteiger partial charge in [-0.15, -0.1) is 0 Å². The van der Waals surface area contributed by atoms with Crippen LogP contribution in [0.2, 0.25) is 10.0 Å². The van der Waals surface area contributed by atoms with E-state index in [-0.39, 0.29) is 47.0 Å². The third-order valence-corrected chi connectivity index (χ3v) is 5.24. The van der Waals surface area contributed by atoms with Crippen molar-refractivity contribution in [1.29, 1.82) is 0 Å². The highest BCUT2D eigenvalue weighted by atomic mass is 35.5. The number of halogens is 2. The molecule has 1 aromatic carbocycles. The van der Waals surface area contributed by atoms with Crippen molar-refractivity contribution in [3.63, 3.8) is 0 Å². The lowest BCUT2D eigenvalue weighted by atomic mass is 10.3. The van der Waals surface area contributed by atoms with Crippen LogP contribution in [0.1, 0.15) is 0 Å². The van der Waals surface area contributed by atoms with Gasteiger partial charge in [0.1, 0.15) is 9.92 Å². The van der Waals surface area contributed by atoms with E-state index in [0.717, 1.165) is 4.31 Å². The fourth-order valence-corrected chi connectivity index (χ4v) is 3.65. The Balaban J connectivity index is 3.37. The zero-order valence-corrected chi connectivity index (χ0v) is 13.0. The molecule has 0 aromatic heterocycles. The minimum Gasteiger partial charge on any atom is -0.494 e. The highest BCUT2D eigenvalue weighted by Crippen LogP contribution is 2.38. The second-order valence-corrected chi connectivity index (χ2v) is 6.44. The van der Waals surface area contributed by atoms with Crippen molar-refractivity contribution >= 4 is 33.2 Å². The smallest absolute Gasteiger partial charge is 0.246 e. The molecular formula is C11H15Cl2NO5S. The van der Waals surface area contributed by atoms with Crippen molar-refractivity contribution in [2.45, 2.75) is 4.90 Å². The van der Waals surface area contributed by atoms with E-state index in [0.29, 0.717) is 0 Å². The van der Waals surface area contributed by atoms with E-state index in [1.807, 2.05) is 0 Å². The predicted molar refractivity (Wildman–Crippen MR) is 75.9 cm³/mol. The van der Waals surface area contributed by atoms with Crippen molar-refractivity contribution in [3.8, 4) is 5.75 Å². The summed E-state index contributed by atoms with van der Waals surface area (Å²) in [6.07, 6.45) is 0. The second kappa shape index (κ2) is 7.44. The third kappa shape index (κ3) is 3.55. The molecule has 0 aliphatic rings. The lowest BCUT2D eigenvalue weighted by molar-refractivity contribution is 0.217. The molecule has 114 valence electrons. The summed E-state index contributed by atoms with van der Waals surface area (Å²) >= 11 is 11.7. The average Bonchev–Trinajstić information content (AvgIpc) is 2.41. The summed E-state index contributed by atoms with van der Waals surface area (Å²) in [5.41, 5.74) is 0. The van der Waals surface area contributed by atoms with Crippen LogP contribution < -0.4 is 4.74 Å². The van der Waals surface area contributed by atoms with Crippen LogP contribution in [0.5, 0.6) is 5.75 Å². The van der Waals surface area contributed by atoms with Gasteiger partial charge in [-0.05, 0) is 12.1 Å². The standard InChI is InChI=1S/C11H15Cl2NO5S/c1-19-11-9(3-2-8(12)10(11)13)20(17,18)14(4-6-15)5-7-16/h2-3,15-16H,4-7H2,1H3. The topological polar surface area (TPSA) is 87.1 Å². The number of hydrogen-bond acceptors (Lipinski definition) is 5. The van der Waals surface area contributed by atoms with Gasteiger partial charge in [-0.3, -0.25) is 0 Å². The summed E-state index contributed by atoms with van der Waals surface area (Å²) in [7, 11) is -2.69. The molecule has 0 fully saturated rings. The fourth-order valence-electron chi connectivity index (χ4n) is 1.62. The van der Waals surface area contributed by atoms with Gasteiger partial charge in [0.15, 0.2) is 5.75 Å². The Morgan fingerprint density at radius 3 is 2.20 bits per heavy atom. The van der Waals surface area contributed by atoms with Gasteiger partial charge in [-0.2, -0.15) is 4.31 Å². The number of benzene rings is 1. The van der Waals surface area contributed by atoms with Crippen LogP contribution in [-0.2, 0) is 10.0 Å². The lowest BCUT2D eigenvalue weighted by Gasteiger charge is -2.22. The number of ether oxygens (including phenoxy) is 1. The van der Waals surface area contributed by atoms with Crippen LogP contribution in [0.4, 0.5) is 0 Å². The van der Waals surface area contributed by atoms with Crippen molar-refractivity contribution in [2.24, 2.45) is 0 Å². The maximum atomic E-state index is 12.5. The van der Waals surface area contributed by atoms with Crippen molar-refractivity contribution in [2.75, 3.05) is 33.4 Å². The van der Waals surface area contributed by atoms with Crippen molar-refractivity contribution in [1.82, 2.24) is 4.31 Å². The quantitative estimate of drug-likeness (QED) is 0.770. The third-order valence-electron chi connectivity index (χ3n) is 2.53. The van der Waals surface area contributed by atoms with E-state index < -0.39 is 10.0 Å². The Morgan fingerprint density at radius 1 is 1.20 bits per heavy atom.